The number of carbonyl (C=O) groups excluding carboxylic acids is 1. The van der Waals surface area contributed by atoms with Gasteiger partial charge in [0.2, 0.25) is 0 Å². The van der Waals surface area contributed by atoms with E-state index in [0.29, 0.717) is 18.7 Å². The van der Waals surface area contributed by atoms with Crippen molar-refractivity contribution in [3.05, 3.63) is 52.6 Å². The van der Waals surface area contributed by atoms with Crippen molar-refractivity contribution in [2.75, 3.05) is 38.7 Å². The Kier molecular flexibility index (Phi) is 6.66. The van der Waals surface area contributed by atoms with Crippen LogP contribution in [0.5, 0.6) is 0 Å². The molecule has 1 saturated heterocycles. The summed E-state index contributed by atoms with van der Waals surface area (Å²) in [4.78, 5) is 15.0. The van der Waals surface area contributed by atoms with Crippen molar-refractivity contribution >= 4 is 34.3 Å². The molecule has 8 nitrogen and oxygen atoms in total. The maximum Gasteiger partial charge on any atom is 0.493 e. The van der Waals surface area contributed by atoms with Crippen molar-refractivity contribution in [2.45, 2.75) is 43.4 Å². The lowest BCUT2D eigenvalue weighted by Gasteiger charge is -2.24. The van der Waals surface area contributed by atoms with Gasteiger partial charge in [0.1, 0.15) is 0 Å². The van der Waals surface area contributed by atoms with E-state index in [1.807, 2.05) is 7.05 Å². The Bertz CT molecular complexity index is 1160. The van der Waals surface area contributed by atoms with Gasteiger partial charge in [-0.05, 0) is 85.4 Å². The minimum absolute atomic E-state index is 0.00459. The lowest BCUT2D eigenvalue weighted by Crippen LogP contribution is -2.44. The number of carbonyl (C=O) groups is 1. The van der Waals surface area contributed by atoms with E-state index in [1.165, 1.54) is 23.3 Å². The van der Waals surface area contributed by atoms with Crippen LogP contribution in [0.3, 0.4) is 0 Å². The standard InChI is InChI=1S/C24H30BN3O5S/c1-28-11-13-32-25(33-14-12-28)19-7-4-8-20(16-19)34(30,31)27-24(29)26-23-21-9-2-5-17(21)15-18-6-3-10-22(18)23/h4,7-8,15-16H,2-3,5-6,9-14H2,1H3,(H2,26,27,29). The molecule has 10 heteroatoms. The van der Waals surface area contributed by atoms with Crippen molar-refractivity contribution in [2.24, 2.45) is 0 Å². The zero-order valence-electron chi connectivity index (χ0n) is 19.4. The number of hydrogen-bond donors (Lipinski definition) is 2. The number of rotatable bonds is 4. The van der Waals surface area contributed by atoms with Crippen LogP contribution in [0.2, 0.25) is 0 Å². The Balaban J connectivity index is 1.32. The van der Waals surface area contributed by atoms with E-state index in [2.05, 4.69) is 21.0 Å². The first-order valence-corrected chi connectivity index (χ1v) is 13.4. The van der Waals surface area contributed by atoms with E-state index >= 15 is 0 Å². The Labute approximate surface area is 201 Å². The second kappa shape index (κ2) is 9.69. The topological polar surface area (TPSA) is 97.0 Å². The fraction of sp³-hybridized carbons (Fsp3) is 0.458. The van der Waals surface area contributed by atoms with Gasteiger partial charge in [0.25, 0.3) is 10.0 Å². The highest BCUT2D eigenvalue weighted by atomic mass is 32.2. The quantitative estimate of drug-likeness (QED) is 0.645. The number of anilines is 1. The van der Waals surface area contributed by atoms with Crippen LogP contribution in [0, 0.1) is 0 Å². The molecule has 34 heavy (non-hydrogen) atoms. The molecule has 2 aromatic rings. The van der Waals surface area contributed by atoms with Gasteiger partial charge in [0, 0.05) is 32.0 Å². The van der Waals surface area contributed by atoms with Gasteiger partial charge in [0.15, 0.2) is 0 Å². The zero-order chi connectivity index (χ0) is 23.7. The zero-order valence-corrected chi connectivity index (χ0v) is 20.2. The van der Waals surface area contributed by atoms with Gasteiger partial charge in [0.05, 0.1) is 4.90 Å². The molecule has 2 aromatic carbocycles. The summed E-state index contributed by atoms with van der Waals surface area (Å²) in [5.74, 6) is 0. The van der Waals surface area contributed by atoms with Gasteiger partial charge < -0.3 is 19.5 Å². The Morgan fingerprint density at radius 1 is 0.971 bits per heavy atom. The van der Waals surface area contributed by atoms with Crippen LogP contribution in [0.25, 0.3) is 0 Å². The van der Waals surface area contributed by atoms with Gasteiger partial charge in [-0.1, -0.05) is 18.2 Å². The average Bonchev–Trinajstić information content (AvgIpc) is 3.45. The molecule has 3 aliphatic rings. The molecule has 0 saturated carbocycles. The highest BCUT2D eigenvalue weighted by Gasteiger charge is 2.28. The third-order valence-corrected chi connectivity index (χ3v) is 8.19. The third-order valence-electron chi connectivity index (χ3n) is 6.86. The summed E-state index contributed by atoms with van der Waals surface area (Å²) in [7, 11) is -2.73. The molecule has 1 aliphatic heterocycles. The lowest BCUT2D eigenvalue weighted by atomic mass is 9.79. The minimum atomic E-state index is -4.08. The number of aryl methyl sites for hydroxylation is 2. The van der Waals surface area contributed by atoms with E-state index in [4.69, 9.17) is 9.31 Å². The summed E-state index contributed by atoms with van der Waals surface area (Å²) >= 11 is 0. The third kappa shape index (κ3) is 4.86. The van der Waals surface area contributed by atoms with Crippen LogP contribution in [0.4, 0.5) is 10.5 Å². The highest BCUT2D eigenvalue weighted by molar-refractivity contribution is 7.90. The van der Waals surface area contributed by atoms with Crippen molar-refractivity contribution in [3.63, 3.8) is 0 Å². The molecule has 0 atom stereocenters. The molecule has 2 N–H and O–H groups in total. The predicted molar refractivity (Wildman–Crippen MR) is 131 cm³/mol. The Morgan fingerprint density at radius 2 is 1.62 bits per heavy atom. The van der Waals surface area contributed by atoms with Crippen LogP contribution in [-0.2, 0) is 45.0 Å². The van der Waals surface area contributed by atoms with Crippen LogP contribution in [0.15, 0.2) is 35.2 Å². The largest absolute Gasteiger partial charge is 0.493 e. The Morgan fingerprint density at radius 3 is 2.26 bits per heavy atom. The van der Waals surface area contributed by atoms with Crippen LogP contribution in [0.1, 0.15) is 35.1 Å². The van der Waals surface area contributed by atoms with Crippen molar-refractivity contribution in [1.82, 2.24) is 9.62 Å². The molecule has 2 amide bonds. The number of urea groups is 1. The van der Waals surface area contributed by atoms with Gasteiger partial charge in [-0.3, -0.25) is 0 Å². The summed E-state index contributed by atoms with van der Waals surface area (Å²) in [5.41, 5.74) is 6.27. The average molecular weight is 483 g/mol. The van der Waals surface area contributed by atoms with E-state index in [-0.39, 0.29) is 4.90 Å². The Hall–Kier alpha value is -2.40. The number of nitrogens with zero attached hydrogens (tertiary/aromatic N) is 1. The number of benzene rings is 2. The van der Waals surface area contributed by atoms with Crippen molar-refractivity contribution in [3.8, 4) is 0 Å². The smallest absolute Gasteiger partial charge is 0.406 e. The first-order valence-electron chi connectivity index (χ1n) is 11.9. The van der Waals surface area contributed by atoms with Gasteiger partial charge >= 0.3 is 13.1 Å². The fourth-order valence-electron chi connectivity index (χ4n) is 5.10. The minimum Gasteiger partial charge on any atom is -0.406 e. The normalized spacial score (nSPS) is 18.7. The number of sulfonamides is 1. The second-order valence-corrected chi connectivity index (χ2v) is 10.9. The first-order chi connectivity index (χ1) is 16.4. The van der Waals surface area contributed by atoms with E-state index < -0.39 is 23.2 Å². The summed E-state index contributed by atoms with van der Waals surface area (Å²) < 4.78 is 39.9. The molecule has 5 rings (SSSR count). The van der Waals surface area contributed by atoms with E-state index in [0.717, 1.165) is 68.4 Å². The van der Waals surface area contributed by atoms with E-state index in [1.54, 1.807) is 12.1 Å². The summed E-state index contributed by atoms with van der Waals surface area (Å²) in [6, 6.07) is 7.91. The molecular formula is C24H30BN3O5S. The van der Waals surface area contributed by atoms with Crippen molar-refractivity contribution in [1.29, 1.82) is 0 Å². The van der Waals surface area contributed by atoms with Gasteiger partial charge in [-0.25, -0.2) is 17.9 Å². The number of fused-ring (bicyclic) bond motifs is 2. The molecule has 0 spiro atoms. The van der Waals surface area contributed by atoms with Crippen LogP contribution in [-0.4, -0.2) is 59.8 Å². The van der Waals surface area contributed by atoms with Crippen LogP contribution < -0.4 is 15.5 Å². The van der Waals surface area contributed by atoms with E-state index in [9.17, 15) is 13.2 Å². The molecule has 0 unspecified atom stereocenters. The maximum atomic E-state index is 13.0. The molecule has 2 aliphatic carbocycles. The van der Waals surface area contributed by atoms with Gasteiger partial charge in [-0.15, -0.1) is 0 Å². The predicted octanol–water partition coefficient (Wildman–Crippen LogP) is 1.85. The first kappa shape index (κ1) is 23.4. The second-order valence-electron chi connectivity index (χ2n) is 9.24. The molecule has 0 radical (unpaired) electrons. The monoisotopic (exact) mass is 483 g/mol. The number of amides is 2. The fourth-order valence-corrected chi connectivity index (χ4v) is 6.06. The number of nitrogens with one attached hydrogen (secondary N) is 2. The highest BCUT2D eigenvalue weighted by Crippen LogP contribution is 2.38. The molecule has 180 valence electrons. The molecular weight excluding hydrogens is 453 g/mol. The van der Waals surface area contributed by atoms with Gasteiger partial charge in [-0.2, -0.15) is 0 Å². The number of likely N-dealkylation sites (N-methyl/N-ethyl adjacent to an activating group) is 1. The summed E-state index contributed by atoms with van der Waals surface area (Å²) in [6.07, 6.45) is 5.94. The number of hydrogen-bond acceptors (Lipinski definition) is 6. The molecule has 0 aromatic heterocycles. The molecule has 1 heterocycles. The molecule has 0 bridgehead atoms. The van der Waals surface area contributed by atoms with Crippen LogP contribution >= 0.6 is 0 Å². The molecule has 1 fully saturated rings. The summed E-state index contributed by atoms with van der Waals surface area (Å²) in [5, 5.41) is 2.88. The van der Waals surface area contributed by atoms with Crippen molar-refractivity contribution < 1.29 is 22.5 Å². The maximum absolute atomic E-state index is 13.0. The lowest BCUT2D eigenvalue weighted by molar-refractivity contribution is 0.132. The summed E-state index contributed by atoms with van der Waals surface area (Å²) in [6.45, 7) is 2.49. The SMILES string of the molecule is CN1CCOB(c2cccc(S(=O)(=O)NC(=O)Nc3c4c(cc5c3CCC5)CCC4)c2)OCC1.